The number of nitriles is 1. The smallest absolute Gasteiger partial charge is 0.351 e. The van der Waals surface area contributed by atoms with Crippen molar-refractivity contribution in [1.82, 2.24) is 10.3 Å². The zero-order chi connectivity index (χ0) is 14.3. The minimum Gasteiger partial charge on any atom is -0.351 e. The normalized spacial score (nSPS) is 10.8. The highest BCUT2D eigenvalue weighted by molar-refractivity contribution is 5.92. The Bertz CT molecular complexity index is 463. The van der Waals surface area contributed by atoms with Crippen LogP contribution in [0.3, 0.4) is 0 Å². The van der Waals surface area contributed by atoms with Crippen LogP contribution in [0.2, 0.25) is 0 Å². The first kappa shape index (κ1) is 15.0. The summed E-state index contributed by atoms with van der Waals surface area (Å²) in [6.07, 6.45) is -3.51. The van der Waals surface area contributed by atoms with Gasteiger partial charge in [0.15, 0.2) is 0 Å². The number of alkyl halides is 3. The van der Waals surface area contributed by atoms with Gasteiger partial charge >= 0.3 is 6.18 Å². The van der Waals surface area contributed by atoms with Crippen LogP contribution in [-0.2, 0) is 0 Å². The van der Waals surface area contributed by atoms with Crippen molar-refractivity contribution in [1.29, 1.82) is 5.26 Å². The van der Waals surface area contributed by atoms with Crippen LogP contribution in [0.25, 0.3) is 0 Å². The fourth-order valence-electron chi connectivity index (χ4n) is 1.34. The third kappa shape index (κ3) is 5.86. The predicted molar refractivity (Wildman–Crippen MR) is 61.2 cm³/mol. The second-order valence-electron chi connectivity index (χ2n) is 3.87. The first-order valence-corrected chi connectivity index (χ1v) is 5.63. The summed E-state index contributed by atoms with van der Waals surface area (Å²) >= 11 is 0. The van der Waals surface area contributed by atoms with Gasteiger partial charge in [-0.25, -0.2) is 4.98 Å². The van der Waals surface area contributed by atoms with Crippen molar-refractivity contribution in [2.45, 2.75) is 25.4 Å². The summed E-state index contributed by atoms with van der Waals surface area (Å²) in [5.41, 5.74) is 0.469. The van der Waals surface area contributed by atoms with Crippen LogP contribution >= 0.6 is 0 Å². The SMILES string of the molecule is N#Cc1ccc(C(=O)NCCCCC(F)(F)F)nc1. The van der Waals surface area contributed by atoms with Crippen molar-refractivity contribution >= 4 is 5.91 Å². The minimum absolute atomic E-state index is 0.0232. The number of halogens is 3. The molecule has 1 aromatic rings. The molecule has 0 saturated heterocycles. The maximum Gasteiger partial charge on any atom is 0.389 e. The molecule has 0 unspecified atom stereocenters. The lowest BCUT2D eigenvalue weighted by molar-refractivity contribution is -0.135. The summed E-state index contributed by atoms with van der Waals surface area (Å²) in [7, 11) is 0. The van der Waals surface area contributed by atoms with Crippen LogP contribution in [0.1, 0.15) is 35.3 Å². The third-order valence-corrected chi connectivity index (χ3v) is 2.30. The first-order chi connectivity index (χ1) is 8.92. The summed E-state index contributed by atoms with van der Waals surface area (Å²) in [6, 6.07) is 4.71. The molecule has 1 N–H and O–H groups in total. The Morgan fingerprint density at radius 1 is 1.37 bits per heavy atom. The van der Waals surface area contributed by atoms with E-state index in [0.29, 0.717) is 5.56 Å². The van der Waals surface area contributed by atoms with Gasteiger partial charge in [0.25, 0.3) is 5.91 Å². The molecule has 0 spiro atoms. The molecule has 0 bridgehead atoms. The maximum absolute atomic E-state index is 11.9. The lowest BCUT2D eigenvalue weighted by Gasteiger charge is -2.06. The van der Waals surface area contributed by atoms with Gasteiger partial charge in [0.1, 0.15) is 11.8 Å². The summed E-state index contributed by atoms with van der Waals surface area (Å²) < 4.78 is 35.6. The van der Waals surface area contributed by atoms with Crippen molar-refractivity contribution in [2.75, 3.05) is 6.54 Å². The van der Waals surface area contributed by atoms with E-state index in [4.69, 9.17) is 5.26 Å². The molecule has 0 aliphatic carbocycles. The van der Waals surface area contributed by atoms with Gasteiger partial charge in [-0.2, -0.15) is 18.4 Å². The molecule has 0 aromatic carbocycles. The van der Waals surface area contributed by atoms with Crippen LogP contribution in [-0.4, -0.2) is 23.6 Å². The van der Waals surface area contributed by atoms with Crippen molar-refractivity contribution in [2.24, 2.45) is 0 Å². The molecule has 0 aliphatic rings. The molecule has 0 radical (unpaired) electrons. The number of aromatic nitrogens is 1. The standard InChI is InChI=1S/C12H12F3N3O/c13-12(14,15)5-1-2-6-17-11(19)10-4-3-9(7-16)8-18-10/h3-4,8H,1-2,5-6H2,(H,17,19). The number of nitrogens with one attached hydrogen (secondary N) is 1. The average molecular weight is 271 g/mol. The second-order valence-corrected chi connectivity index (χ2v) is 3.87. The van der Waals surface area contributed by atoms with E-state index in [1.807, 2.05) is 6.07 Å². The number of carbonyl (C=O) groups excluding carboxylic acids is 1. The van der Waals surface area contributed by atoms with Gasteiger partial charge in [-0.3, -0.25) is 4.79 Å². The molecule has 4 nitrogen and oxygen atoms in total. The van der Waals surface area contributed by atoms with Crippen molar-refractivity contribution < 1.29 is 18.0 Å². The van der Waals surface area contributed by atoms with Crippen LogP contribution in [0, 0.1) is 11.3 Å². The summed E-state index contributed by atoms with van der Waals surface area (Å²) in [5, 5.41) is 11.0. The molecule has 0 fully saturated rings. The highest BCUT2D eigenvalue weighted by Gasteiger charge is 2.25. The largest absolute Gasteiger partial charge is 0.389 e. The molecule has 0 aliphatic heterocycles. The highest BCUT2D eigenvalue weighted by Crippen LogP contribution is 2.21. The van der Waals surface area contributed by atoms with Crippen LogP contribution in [0.5, 0.6) is 0 Å². The van der Waals surface area contributed by atoms with E-state index in [9.17, 15) is 18.0 Å². The Labute approximate surface area is 108 Å². The van der Waals surface area contributed by atoms with E-state index < -0.39 is 18.5 Å². The van der Waals surface area contributed by atoms with Gasteiger partial charge < -0.3 is 5.32 Å². The number of hydrogen-bond donors (Lipinski definition) is 1. The van der Waals surface area contributed by atoms with Crippen molar-refractivity contribution in [3.05, 3.63) is 29.6 Å². The lowest BCUT2D eigenvalue weighted by Crippen LogP contribution is -2.25. The summed E-state index contributed by atoms with van der Waals surface area (Å²) in [5.74, 6) is -0.462. The second kappa shape index (κ2) is 6.73. The topological polar surface area (TPSA) is 65.8 Å². The fraction of sp³-hybridized carbons (Fsp3) is 0.417. The van der Waals surface area contributed by atoms with Crippen LogP contribution in [0.4, 0.5) is 13.2 Å². The van der Waals surface area contributed by atoms with E-state index in [2.05, 4.69) is 10.3 Å². The summed E-state index contributed by atoms with van der Waals surface area (Å²) in [6.45, 7) is 0.163. The maximum atomic E-state index is 11.9. The van der Waals surface area contributed by atoms with E-state index in [-0.39, 0.29) is 25.1 Å². The van der Waals surface area contributed by atoms with Crippen LogP contribution < -0.4 is 5.32 Å². The number of amides is 1. The Morgan fingerprint density at radius 3 is 2.63 bits per heavy atom. The first-order valence-electron chi connectivity index (χ1n) is 5.63. The molecule has 19 heavy (non-hydrogen) atoms. The van der Waals surface area contributed by atoms with Crippen molar-refractivity contribution in [3.63, 3.8) is 0 Å². The summed E-state index contributed by atoms with van der Waals surface area (Å²) in [4.78, 5) is 15.3. The van der Waals surface area contributed by atoms with Gasteiger partial charge in [-0.15, -0.1) is 0 Å². The van der Waals surface area contributed by atoms with Gasteiger partial charge in [0.2, 0.25) is 0 Å². The quantitative estimate of drug-likeness (QED) is 0.836. The Kier molecular flexibility index (Phi) is 5.30. The van der Waals surface area contributed by atoms with Gasteiger partial charge in [-0.1, -0.05) is 0 Å². The molecule has 1 heterocycles. The fourth-order valence-corrected chi connectivity index (χ4v) is 1.34. The number of rotatable bonds is 5. The molecule has 1 aromatic heterocycles. The molecule has 0 saturated carbocycles. The molecule has 1 amide bonds. The molecule has 0 atom stereocenters. The number of carbonyl (C=O) groups is 1. The molecular weight excluding hydrogens is 259 g/mol. The average Bonchev–Trinajstić information content (AvgIpc) is 2.37. The lowest BCUT2D eigenvalue weighted by atomic mass is 10.2. The third-order valence-electron chi connectivity index (χ3n) is 2.30. The molecule has 7 heteroatoms. The van der Waals surface area contributed by atoms with Crippen molar-refractivity contribution in [3.8, 4) is 6.07 Å². The van der Waals surface area contributed by atoms with E-state index in [1.165, 1.54) is 18.3 Å². The van der Waals surface area contributed by atoms with Gasteiger partial charge in [0, 0.05) is 19.2 Å². The molecule has 1 rings (SSSR count). The molecule has 102 valence electrons. The zero-order valence-corrected chi connectivity index (χ0v) is 10.00. The van der Waals surface area contributed by atoms with E-state index in [1.54, 1.807) is 0 Å². The van der Waals surface area contributed by atoms with Gasteiger partial charge in [0.05, 0.1) is 5.56 Å². The Balaban J connectivity index is 2.29. The highest BCUT2D eigenvalue weighted by atomic mass is 19.4. The van der Waals surface area contributed by atoms with E-state index in [0.717, 1.165) is 0 Å². The monoisotopic (exact) mass is 271 g/mol. The Morgan fingerprint density at radius 2 is 2.11 bits per heavy atom. The number of nitrogens with zero attached hydrogens (tertiary/aromatic N) is 2. The zero-order valence-electron chi connectivity index (χ0n) is 10.00. The van der Waals surface area contributed by atoms with Crippen LogP contribution in [0.15, 0.2) is 18.3 Å². The predicted octanol–water partition coefficient (Wildman–Crippen LogP) is 2.42. The Hall–Kier alpha value is -2.10. The van der Waals surface area contributed by atoms with E-state index >= 15 is 0 Å². The minimum atomic E-state index is -4.15. The number of pyridine rings is 1. The number of unbranched alkanes of at least 4 members (excludes halogenated alkanes) is 1. The molecular formula is C12H12F3N3O. The van der Waals surface area contributed by atoms with Gasteiger partial charge in [-0.05, 0) is 25.0 Å². The number of hydrogen-bond acceptors (Lipinski definition) is 3.